The van der Waals surface area contributed by atoms with Crippen LogP contribution in [0.25, 0.3) is 11.0 Å². The number of benzene rings is 1. The van der Waals surface area contributed by atoms with Crippen molar-refractivity contribution in [3.63, 3.8) is 0 Å². The highest BCUT2D eigenvalue weighted by Gasteiger charge is 2.16. The van der Waals surface area contributed by atoms with Crippen LogP contribution < -0.4 is 0 Å². The molecule has 0 fully saturated rings. The minimum Gasteiger partial charge on any atom is -0.451 e. The highest BCUT2D eigenvalue weighted by atomic mass is 79.9. The molecule has 0 amide bonds. The minimum absolute atomic E-state index is 0.0699. The fourth-order valence-electron chi connectivity index (χ4n) is 1.41. The van der Waals surface area contributed by atoms with Crippen molar-refractivity contribution < 1.29 is 9.21 Å². The van der Waals surface area contributed by atoms with Gasteiger partial charge in [0.05, 0.1) is 10.0 Å². The monoisotopic (exact) mass is 320 g/mol. The van der Waals surface area contributed by atoms with Gasteiger partial charge in [-0.3, -0.25) is 4.79 Å². The molecule has 0 aliphatic carbocycles. The lowest BCUT2D eigenvalue weighted by atomic mass is 10.2. The van der Waals surface area contributed by atoms with E-state index in [2.05, 4.69) is 15.9 Å². The van der Waals surface area contributed by atoms with Gasteiger partial charge in [0.15, 0.2) is 17.1 Å². The number of carbonyl (C=O) groups excluding carboxylic acids is 1. The first-order chi connectivity index (χ1) is 7.54. The van der Waals surface area contributed by atoms with Gasteiger partial charge in [-0.15, -0.1) is 0 Å². The molecule has 0 aliphatic heterocycles. The van der Waals surface area contributed by atoms with Crippen LogP contribution in [0.3, 0.4) is 0 Å². The molecule has 16 heavy (non-hydrogen) atoms. The van der Waals surface area contributed by atoms with Gasteiger partial charge in [0, 0.05) is 16.3 Å². The predicted molar refractivity (Wildman–Crippen MR) is 68.6 cm³/mol. The quantitative estimate of drug-likeness (QED) is 0.569. The molecule has 0 unspecified atom stereocenters. The summed E-state index contributed by atoms with van der Waals surface area (Å²) in [6, 6.07) is 3.27. The largest absolute Gasteiger partial charge is 0.451 e. The SMILES string of the molecule is CCC(=O)c1cc2c(Cl)c(Br)cc(Cl)c2o1. The van der Waals surface area contributed by atoms with E-state index in [0.717, 1.165) is 0 Å². The van der Waals surface area contributed by atoms with Crippen molar-refractivity contribution in [2.24, 2.45) is 0 Å². The van der Waals surface area contributed by atoms with Crippen LogP contribution in [0.5, 0.6) is 0 Å². The van der Waals surface area contributed by atoms with Crippen molar-refractivity contribution in [1.29, 1.82) is 0 Å². The fraction of sp³-hybridized carbons (Fsp3) is 0.182. The Labute approximate surface area is 111 Å². The van der Waals surface area contributed by atoms with Gasteiger partial charge in [-0.1, -0.05) is 30.1 Å². The zero-order valence-electron chi connectivity index (χ0n) is 8.31. The second kappa shape index (κ2) is 4.40. The summed E-state index contributed by atoms with van der Waals surface area (Å²) in [6.07, 6.45) is 0.385. The van der Waals surface area contributed by atoms with Crippen LogP contribution in [0.15, 0.2) is 21.0 Å². The Bertz CT molecular complexity index is 575. The molecule has 2 rings (SSSR count). The van der Waals surface area contributed by atoms with Crippen LogP contribution in [0.2, 0.25) is 10.0 Å². The molecule has 0 saturated carbocycles. The third-order valence-electron chi connectivity index (χ3n) is 2.24. The Morgan fingerprint density at radius 2 is 2.12 bits per heavy atom. The molecule has 84 valence electrons. The third kappa shape index (κ3) is 1.88. The molecule has 0 atom stereocenters. The zero-order valence-corrected chi connectivity index (χ0v) is 11.4. The van der Waals surface area contributed by atoms with Crippen molar-refractivity contribution in [1.82, 2.24) is 0 Å². The van der Waals surface area contributed by atoms with E-state index in [9.17, 15) is 4.79 Å². The number of hydrogen-bond donors (Lipinski definition) is 0. The molecule has 2 aromatic rings. The van der Waals surface area contributed by atoms with Crippen LogP contribution in [-0.4, -0.2) is 5.78 Å². The molecular weight excluding hydrogens is 315 g/mol. The summed E-state index contributed by atoms with van der Waals surface area (Å²) in [4.78, 5) is 11.5. The number of ketones is 1. The van der Waals surface area contributed by atoms with Crippen molar-refractivity contribution in [3.05, 3.63) is 32.4 Å². The summed E-state index contributed by atoms with van der Waals surface area (Å²) in [5.41, 5.74) is 0.451. The van der Waals surface area contributed by atoms with Crippen molar-refractivity contribution >= 4 is 55.9 Å². The van der Waals surface area contributed by atoms with Crippen LogP contribution in [0.4, 0.5) is 0 Å². The number of halogens is 3. The van der Waals surface area contributed by atoms with Crippen LogP contribution in [0.1, 0.15) is 23.9 Å². The molecule has 1 heterocycles. The van der Waals surface area contributed by atoms with Gasteiger partial charge in [0.25, 0.3) is 0 Å². The zero-order chi connectivity index (χ0) is 11.9. The topological polar surface area (TPSA) is 30.2 Å². The predicted octanol–water partition coefficient (Wildman–Crippen LogP) is 5.09. The number of furan rings is 1. The van der Waals surface area contributed by atoms with Gasteiger partial charge >= 0.3 is 0 Å². The Kier molecular flexibility index (Phi) is 3.29. The summed E-state index contributed by atoms with van der Waals surface area (Å²) in [6.45, 7) is 1.77. The van der Waals surface area contributed by atoms with E-state index in [4.69, 9.17) is 27.6 Å². The number of fused-ring (bicyclic) bond motifs is 1. The van der Waals surface area contributed by atoms with Crippen molar-refractivity contribution in [2.75, 3.05) is 0 Å². The summed E-state index contributed by atoms with van der Waals surface area (Å²) in [5.74, 6) is 0.221. The van der Waals surface area contributed by atoms with Gasteiger partial charge < -0.3 is 4.42 Å². The number of Topliss-reactive ketones (excluding diaryl/α,β-unsaturated/α-hetero) is 1. The molecule has 0 N–H and O–H groups in total. The Hall–Kier alpha value is -0.510. The van der Waals surface area contributed by atoms with Gasteiger partial charge in [-0.05, 0) is 28.1 Å². The maximum atomic E-state index is 11.5. The van der Waals surface area contributed by atoms with E-state index < -0.39 is 0 Å². The molecule has 0 spiro atoms. The Morgan fingerprint density at radius 3 is 2.75 bits per heavy atom. The number of hydrogen-bond acceptors (Lipinski definition) is 2. The lowest BCUT2D eigenvalue weighted by molar-refractivity contribution is 0.0963. The van der Waals surface area contributed by atoms with Gasteiger partial charge in [-0.2, -0.15) is 0 Å². The molecule has 1 aromatic heterocycles. The molecule has 5 heteroatoms. The average Bonchev–Trinajstić information content (AvgIpc) is 2.70. The first-order valence-corrected chi connectivity index (χ1v) is 6.19. The third-order valence-corrected chi connectivity index (χ3v) is 3.79. The van der Waals surface area contributed by atoms with Crippen molar-refractivity contribution in [2.45, 2.75) is 13.3 Å². The normalized spacial score (nSPS) is 11.0. The van der Waals surface area contributed by atoms with E-state index in [-0.39, 0.29) is 5.78 Å². The van der Waals surface area contributed by atoms with Gasteiger partial charge in [-0.25, -0.2) is 0 Å². The number of rotatable bonds is 2. The van der Waals surface area contributed by atoms with Gasteiger partial charge in [0.2, 0.25) is 0 Å². The molecular formula is C11H7BrCl2O2. The highest BCUT2D eigenvalue weighted by molar-refractivity contribution is 9.10. The van der Waals surface area contributed by atoms with E-state index in [1.807, 2.05) is 0 Å². The van der Waals surface area contributed by atoms with Crippen LogP contribution in [-0.2, 0) is 0 Å². The highest BCUT2D eigenvalue weighted by Crippen LogP contribution is 2.38. The second-order valence-corrected chi connectivity index (χ2v) is 4.92. The molecule has 2 nitrogen and oxygen atoms in total. The summed E-state index contributed by atoms with van der Waals surface area (Å²) >= 11 is 15.4. The van der Waals surface area contributed by atoms with E-state index in [1.165, 1.54) is 0 Å². The maximum absolute atomic E-state index is 11.5. The van der Waals surface area contributed by atoms with Crippen molar-refractivity contribution in [3.8, 4) is 0 Å². The Balaban J connectivity index is 2.74. The van der Waals surface area contributed by atoms with E-state index in [0.29, 0.717) is 37.7 Å². The lowest BCUT2D eigenvalue weighted by Gasteiger charge is -1.98. The first-order valence-electron chi connectivity index (χ1n) is 4.64. The molecule has 0 saturated heterocycles. The van der Waals surface area contributed by atoms with Crippen LogP contribution in [0, 0.1) is 0 Å². The standard InChI is InChI=1S/C11H7BrCl2O2/c1-2-8(15)9-3-5-10(14)6(12)4-7(13)11(5)16-9/h3-4H,2H2,1H3. The van der Waals surface area contributed by atoms with E-state index in [1.54, 1.807) is 19.1 Å². The van der Waals surface area contributed by atoms with Crippen LogP contribution >= 0.6 is 39.1 Å². The lowest BCUT2D eigenvalue weighted by Crippen LogP contribution is -1.92. The molecule has 0 radical (unpaired) electrons. The summed E-state index contributed by atoms with van der Waals surface area (Å²) in [5, 5.41) is 1.58. The second-order valence-electron chi connectivity index (χ2n) is 3.28. The van der Waals surface area contributed by atoms with Gasteiger partial charge in [0.1, 0.15) is 0 Å². The maximum Gasteiger partial charge on any atom is 0.197 e. The first kappa shape index (κ1) is 12.0. The van der Waals surface area contributed by atoms with E-state index >= 15 is 0 Å². The Morgan fingerprint density at radius 1 is 1.44 bits per heavy atom. The number of carbonyl (C=O) groups is 1. The molecule has 0 bridgehead atoms. The molecule has 0 aliphatic rings. The average molecular weight is 322 g/mol. The fourth-order valence-corrected chi connectivity index (χ4v) is 2.43. The minimum atomic E-state index is -0.0699. The smallest absolute Gasteiger partial charge is 0.197 e. The molecule has 1 aromatic carbocycles. The summed E-state index contributed by atoms with van der Waals surface area (Å²) < 4.78 is 6.08. The summed E-state index contributed by atoms with van der Waals surface area (Å²) in [7, 11) is 0.